The summed E-state index contributed by atoms with van der Waals surface area (Å²) in [6.07, 6.45) is 1.01. The molecule has 1 aliphatic heterocycles. The highest BCUT2D eigenvalue weighted by Gasteiger charge is 2.28. The Balaban J connectivity index is 1.57. The molecule has 0 aliphatic carbocycles. The number of esters is 1. The zero-order chi connectivity index (χ0) is 18.5. The summed E-state index contributed by atoms with van der Waals surface area (Å²) >= 11 is 1.34. The number of amides is 1. The number of carbonyl (C=O) groups is 2. The zero-order valence-corrected chi connectivity index (χ0v) is 15.7. The van der Waals surface area contributed by atoms with Gasteiger partial charge in [-0.2, -0.15) is 0 Å². The van der Waals surface area contributed by atoms with E-state index in [1.807, 2.05) is 17.5 Å². The normalized spacial score (nSPS) is 17.7. The fourth-order valence-corrected chi connectivity index (χ4v) is 3.37. The fourth-order valence-electron chi connectivity index (χ4n) is 2.65. The van der Waals surface area contributed by atoms with E-state index >= 15 is 0 Å². The number of nitrogens with one attached hydrogen (secondary N) is 1. The Morgan fingerprint density at radius 3 is 2.81 bits per heavy atom. The Morgan fingerprint density at radius 2 is 2.15 bits per heavy atom. The van der Waals surface area contributed by atoms with Gasteiger partial charge in [0, 0.05) is 17.6 Å². The summed E-state index contributed by atoms with van der Waals surface area (Å²) in [6, 6.07) is 8.18. The van der Waals surface area contributed by atoms with E-state index in [0.717, 1.165) is 24.1 Å². The van der Waals surface area contributed by atoms with E-state index in [4.69, 9.17) is 9.47 Å². The number of hydrogen-bond donors (Lipinski definition) is 1. The quantitative estimate of drug-likeness (QED) is 0.784. The molecule has 1 amide bonds. The van der Waals surface area contributed by atoms with E-state index in [1.165, 1.54) is 16.9 Å². The average molecular weight is 374 g/mol. The lowest BCUT2D eigenvalue weighted by Gasteiger charge is -2.15. The Kier molecular flexibility index (Phi) is 6.00. The van der Waals surface area contributed by atoms with Crippen LogP contribution in [0, 0.1) is 0 Å². The number of carbonyl (C=O) groups excluding carboxylic acids is 2. The molecule has 7 heteroatoms. The Labute approximate surface area is 156 Å². The highest BCUT2D eigenvalue weighted by Crippen LogP contribution is 2.25. The van der Waals surface area contributed by atoms with Crippen molar-refractivity contribution in [1.29, 1.82) is 0 Å². The molecule has 2 heterocycles. The van der Waals surface area contributed by atoms with Crippen LogP contribution < -0.4 is 5.32 Å². The molecule has 0 radical (unpaired) electrons. The Morgan fingerprint density at radius 1 is 1.38 bits per heavy atom. The molecule has 3 rings (SSSR count). The summed E-state index contributed by atoms with van der Waals surface area (Å²) in [5, 5.41) is 5.07. The van der Waals surface area contributed by atoms with Crippen molar-refractivity contribution in [3.8, 4) is 11.3 Å². The van der Waals surface area contributed by atoms with Crippen LogP contribution in [0.1, 0.15) is 32.3 Å². The second-order valence-electron chi connectivity index (χ2n) is 6.16. The van der Waals surface area contributed by atoms with Gasteiger partial charge in [-0.1, -0.05) is 31.2 Å². The molecule has 1 aliphatic rings. The van der Waals surface area contributed by atoms with Crippen molar-refractivity contribution < 1.29 is 19.1 Å². The number of benzene rings is 1. The standard InChI is InChI=1S/C19H22N2O4S/c1-3-13-6-8-14(9-7-13)15-11-26-19(20-15)21-17(22)12(2)25-18(23)16-5-4-10-24-16/h6-9,11-12,16H,3-5,10H2,1-2H3,(H,20,21,22)/t12-,16+/m0/s1. The molecular formula is C19H22N2O4S. The fraction of sp³-hybridized carbons (Fsp3) is 0.421. The number of nitrogens with zero attached hydrogens (tertiary/aromatic N) is 1. The number of rotatable bonds is 6. The molecule has 2 aromatic rings. The monoisotopic (exact) mass is 374 g/mol. The first-order chi connectivity index (χ1) is 12.6. The zero-order valence-electron chi connectivity index (χ0n) is 14.9. The van der Waals surface area contributed by atoms with Gasteiger partial charge in [-0.25, -0.2) is 9.78 Å². The van der Waals surface area contributed by atoms with E-state index in [9.17, 15) is 9.59 Å². The Bertz CT molecular complexity index is 766. The molecule has 0 unspecified atom stereocenters. The summed E-state index contributed by atoms with van der Waals surface area (Å²) in [4.78, 5) is 28.6. The van der Waals surface area contributed by atoms with Gasteiger partial charge in [0.25, 0.3) is 5.91 Å². The van der Waals surface area contributed by atoms with Crippen molar-refractivity contribution in [2.45, 2.75) is 45.3 Å². The number of aryl methyl sites for hydroxylation is 1. The maximum absolute atomic E-state index is 12.2. The van der Waals surface area contributed by atoms with Crippen LogP contribution in [0.5, 0.6) is 0 Å². The highest BCUT2D eigenvalue weighted by molar-refractivity contribution is 7.14. The molecule has 6 nitrogen and oxygen atoms in total. The van der Waals surface area contributed by atoms with Crippen LogP contribution in [-0.2, 0) is 25.5 Å². The largest absolute Gasteiger partial charge is 0.451 e. The predicted molar refractivity (Wildman–Crippen MR) is 100 cm³/mol. The van der Waals surface area contributed by atoms with Gasteiger partial charge in [-0.3, -0.25) is 10.1 Å². The minimum absolute atomic E-state index is 0.404. The van der Waals surface area contributed by atoms with Gasteiger partial charge in [0.05, 0.1) is 5.69 Å². The lowest BCUT2D eigenvalue weighted by molar-refractivity contribution is -0.162. The van der Waals surface area contributed by atoms with Crippen LogP contribution in [0.25, 0.3) is 11.3 Å². The maximum Gasteiger partial charge on any atom is 0.336 e. The van der Waals surface area contributed by atoms with Gasteiger partial charge in [0.15, 0.2) is 17.3 Å². The van der Waals surface area contributed by atoms with E-state index < -0.39 is 24.1 Å². The van der Waals surface area contributed by atoms with Crippen molar-refractivity contribution in [2.75, 3.05) is 11.9 Å². The summed E-state index contributed by atoms with van der Waals surface area (Å²) in [7, 11) is 0. The van der Waals surface area contributed by atoms with Crippen LogP contribution in [0.4, 0.5) is 5.13 Å². The molecule has 26 heavy (non-hydrogen) atoms. The van der Waals surface area contributed by atoms with Crippen molar-refractivity contribution >= 4 is 28.3 Å². The van der Waals surface area contributed by atoms with Crippen molar-refractivity contribution in [3.05, 3.63) is 35.2 Å². The van der Waals surface area contributed by atoms with Crippen LogP contribution >= 0.6 is 11.3 Å². The molecule has 1 aromatic heterocycles. The van der Waals surface area contributed by atoms with Crippen LogP contribution in [0.2, 0.25) is 0 Å². The van der Waals surface area contributed by atoms with Gasteiger partial charge in [0.2, 0.25) is 0 Å². The van der Waals surface area contributed by atoms with Gasteiger partial charge in [-0.15, -0.1) is 11.3 Å². The summed E-state index contributed by atoms with van der Waals surface area (Å²) < 4.78 is 10.5. The highest BCUT2D eigenvalue weighted by atomic mass is 32.1. The molecule has 0 spiro atoms. The minimum Gasteiger partial charge on any atom is -0.451 e. The van der Waals surface area contributed by atoms with Crippen LogP contribution in [0.3, 0.4) is 0 Å². The number of thiazole rings is 1. The first-order valence-electron chi connectivity index (χ1n) is 8.74. The van der Waals surface area contributed by atoms with Crippen LogP contribution in [0.15, 0.2) is 29.6 Å². The smallest absolute Gasteiger partial charge is 0.336 e. The molecule has 138 valence electrons. The van der Waals surface area contributed by atoms with Crippen molar-refractivity contribution in [3.63, 3.8) is 0 Å². The Hall–Kier alpha value is -2.25. The van der Waals surface area contributed by atoms with E-state index in [2.05, 4.69) is 29.4 Å². The molecule has 0 saturated carbocycles. The second kappa shape index (κ2) is 8.42. The van der Waals surface area contributed by atoms with Gasteiger partial charge in [-0.05, 0) is 31.7 Å². The maximum atomic E-state index is 12.2. The van der Waals surface area contributed by atoms with Crippen molar-refractivity contribution in [2.24, 2.45) is 0 Å². The summed E-state index contributed by atoms with van der Waals surface area (Å²) in [5.74, 6) is -0.889. The second-order valence-corrected chi connectivity index (χ2v) is 7.02. The molecule has 1 saturated heterocycles. The van der Waals surface area contributed by atoms with Gasteiger partial charge in [0.1, 0.15) is 0 Å². The number of aromatic nitrogens is 1. The van der Waals surface area contributed by atoms with Gasteiger partial charge < -0.3 is 9.47 Å². The lowest BCUT2D eigenvalue weighted by atomic mass is 10.1. The number of ether oxygens (including phenoxy) is 2. The molecule has 1 fully saturated rings. The third-order valence-electron chi connectivity index (χ3n) is 4.25. The minimum atomic E-state index is -0.900. The third-order valence-corrected chi connectivity index (χ3v) is 5.00. The molecule has 1 aromatic carbocycles. The molecule has 2 atom stereocenters. The molecular weight excluding hydrogens is 352 g/mol. The van der Waals surface area contributed by atoms with Gasteiger partial charge >= 0.3 is 5.97 Å². The summed E-state index contributed by atoms with van der Waals surface area (Å²) in [6.45, 7) is 4.21. The van der Waals surface area contributed by atoms with Crippen LogP contribution in [-0.4, -0.2) is 35.7 Å². The first kappa shape index (κ1) is 18.5. The summed E-state index contributed by atoms with van der Waals surface area (Å²) in [5.41, 5.74) is 3.06. The van der Waals surface area contributed by atoms with Crippen molar-refractivity contribution in [1.82, 2.24) is 4.98 Å². The third kappa shape index (κ3) is 4.47. The predicted octanol–water partition coefficient (Wildman–Crippen LogP) is 3.42. The van der Waals surface area contributed by atoms with E-state index in [-0.39, 0.29) is 0 Å². The van der Waals surface area contributed by atoms with E-state index in [1.54, 1.807) is 6.92 Å². The topological polar surface area (TPSA) is 77.5 Å². The molecule has 1 N–H and O–H groups in total. The SMILES string of the molecule is CCc1ccc(-c2csc(NC(=O)[C@H](C)OC(=O)[C@H]3CCCO3)n2)cc1. The molecule has 0 bridgehead atoms. The number of hydrogen-bond acceptors (Lipinski definition) is 6. The number of anilines is 1. The first-order valence-corrected chi connectivity index (χ1v) is 9.62. The van der Waals surface area contributed by atoms with E-state index in [0.29, 0.717) is 18.2 Å². The lowest BCUT2D eigenvalue weighted by Crippen LogP contribution is -2.33. The average Bonchev–Trinajstić information content (AvgIpc) is 3.34.